The maximum absolute atomic E-state index is 13.6. The molecule has 37 heavy (non-hydrogen) atoms. The molecule has 1 aliphatic heterocycles. The number of fused-ring (bicyclic) bond motifs is 5. The molecule has 0 unspecified atom stereocenters. The predicted octanol–water partition coefficient (Wildman–Crippen LogP) is 4.92. The van der Waals surface area contributed by atoms with Gasteiger partial charge in [-0.15, -0.1) is 0 Å². The zero-order valence-corrected chi connectivity index (χ0v) is 23.4. The third-order valence-electron chi connectivity index (χ3n) is 7.30. The number of carbonyl (C=O) groups is 4. The molecule has 9 nitrogen and oxygen atoms in total. The van der Waals surface area contributed by atoms with Crippen molar-refractivity contribution in [1.82, 2.24) is 10.0 Å². The first-order valence-electron chi connectivity index (χ1n) is 11.2. The van der Waals surface area contributed by atoms with Gasteiger partial charge in [0.25, 0.3) is 23.4 Å². The summed E-state index contributed by atoms with van der Waals surface area (Å²) in [5.74, 6) is -3.84. The molecule has 0 radical (unpaired) electrons. The average Bonchev–Trinajstić information content (AvgIpc) is 3.48. The first-order valence-corrected chi connectivity index (χ1v) is 13.8. The number of nitro groups is 1. The Balaban J connectivity index is 1.50. The Labute approximate surface area is 237 Å². The molecule has 13 heteroatoms. The number of imide groups is 1. The van der Waals surface area contributed by atoms with Gasteiger partial charge in [-0.1, -0.05) is 55.1 Å². The predicted molar refractivity (Wildman–Crippen MR) is 141 cm³/mol. The first kappa shape index (κ1) is 26.3. The van der Waals surface area contributed by atoms with Crippen LogP contribution in [0.15, 0.2) is 42.5 Å². The van der Waals surface area contributed by atoms with E-state index >= 15 is 0 Å². The van der Waals surface area contributed by atoms with E-state index in [-0.39, 0.29) is 48.3 Å². The molecule has 6 atom stereocenters. The number of rotatable bonds is 6. The number of halogens is 4. The van der Waals surface area contributed by atoms with Gasteiger partial charge in [-0.05, 0) is 48.6 Å². The van der Waals surface area contributed by atoms with E-state index in [9.17, 15) is 29.3 Å². The van der Waals surface area contributed by atoms with Gasteiger partial charge in [0.1, 0.15) is 6.54 Å². The monoisotopic (exact) mass is 671 g/mol. The summed E-state index contributed by atoms with van der Waals surface area (Å²) in [6, 6.07) is 8.94. The van der Waals surface area contributed by atoms with Crippen LogP contribution in [0.25, 0.3) is 0 Å². The van der Waals surface area contributed by atoms with Gasteiger partial charge in [0.15, 0.2) is 5.78 Å². The molecule has 192 valence electrons. The third-order valence-corrected chi connectivity index (χ3v) is 11.2. The molecule has 2 aromatic rings. The highest BCUT2D eigenvalue weighted by atomic mass is 79.9. The summed E-state index contributed by atoms with van der Waals surface area (Å²) < 4.78 is 0. The highest BCUT2D eigenvalue weighted by Gasteiger charge is 2.67. The summed E-state index contributed by atoms with van der Waals surface area (Å²) in [7, 11) is 0. The number of benzene rings is 2. The van der Waals surface area contributed by atoms with Crippen molar-refractivity contribution in [3.63, 3.8) is 0 Å². The van der Waals surface area contributed by atoms with Crippen LogP contribution in [0.1, 0.15) is 27.1 Å². The molecule has 1 saturated heterocycles. The molecule has 2 aromatic carbocycles. The molecule has 0 aromatic heterocycles. The number of ketones is 1. The number of hydrazine groups is 1. The second-order valence-corrected chi connectivity index (χ2v) is 12.1. The summed E-state index contributed by atoms with van der Waals surface area (Å²) in [5, 5.41) is 12.9. The smallest absolute Gasteiger partial charge is 0.273 e. The molecule has 2 aliphatic carbocycles. The fraction of sp³-hybridized carbons (Fsp3) is 0.333. The van der Waals surface area contributed by atoms with Crippen molar-refractivity contribution >= 4 is 84.3 Å². The van der Waals surface area contributed by atoms with Crippen LogP contribution in [-0.4, -0.2) is 54.6 Å². The summed E-state index contributed by atoms with van der Waals surface area (Å²) in [5.41, 5.74) is -0.0941. The fourth-order valence-electron chi connectivity index (χ4n) is 5.58. The highest BCUT2D eigenvalue weighted by Crippen LogP contribution is 2.60. The molecule has 0 spiro atoms. The van der Waals surface area contributed by atoms with Crippen LogP contribution in [0.3, 0.4) is 0 Å². The van der Waals surface area contributed by atoms with Crippen molar-refractivity contribution in [2.24, 2.45) is 23.7 Å². The van der Waals surface area contributed by atoms with Crippen LogP contribution in [0.4, 0.5) is 5.69 Å². The summed E-state index contributed by atoms with van der Waals surface area (Å²) in [6.07, 6.45) is 0.703. The third kappa shape index (κ3) is 4.29. The number of Topliss-reactive ketones (excluding diaryl/α,β-unsaturated/α-hetero) is 1. The Bertz CT molecular complexity index is 1320. The van der Waals surface area contributed by atoms with E-state index in [1.54, 1.807) is 0 Å². The largest absolute Gasteiger partial charge is 0.292 e. The minimum absolute atomic E-state index is 0.00332. The number of hydrogen-bond donors (Lipinski definition) is 0. The van der Waals surface area contributed by atoms with E-state index in [0.717, 1.165) is 10.0 Å². The molecule has 0 N–H and O–H groups in total. The molecule has 3 fully saturated rings. The topological polar surface area (TPSA) is 118 Å². The average molecular weight is 674 g/mol. The lowest BCUT2D eigenvalue weighted by Crippen LogP contribution is -2.52. The van der Waals surface area contributed by atoms with Gasteiger partial charge in [-0.2, -0.15) is 5.01 Å². The number of carbonyl (C=O) groups excluding carboxylic acids is 4. The van der Waals surface area contributed by atoms with Crippen LogP contribution in [-0.2, 0) is 9.59 Å². The van der Waals surface area contributed by atoms with Crippen LogP contribution >= 0.6 is 55.1 Å². The highest BCUT2D eigenvalue weighted by molar-refractivity contribution is 9.12. The van der Waals surface area contributed by atoms with Gasteiger partial charge in [0.2, 0.25) is 0 Å². The fourth-order valence-corrected chi connectivity index (χ4v) is 7.75. The van der Waals surface area contributed by atoms with Gasteiger partial charge >= 0.3 is 0 Å². The molecule has 3 amide bonds. The maximum Gasteiger partial charge on any atom is 0.273 e. The van der Waals surface area contributed by atoms with E-state index < -0.39 is 46.8 Å². The quantitative estimate of drug-likeness (QED) is 0.141. The Morgan fingerprint density at radius 2 is 1.49 bits per heavy atom. The summed E-state index contributed by atoms with van der Waals surface area (Å²) in [4.78, 5) is 64.4. The van der Waals surface area contributed by atoms with E-state index in [4.69, 9.17) is 23.2 Å². The van der Waals surface area contributed by atoms with Crippen LogP contribution in [0.2, 0.25) is 10.0 Å². The van der Waals surface area contributed by atoms with Crippen molar-refractivity contribution in [2.45, 2.75) is 16.1 Å². The van der Waals surface area contributed by atoms with E-state index in [2.05, 4.69) is 31.9 Å². The Kier molecular flexibility index (Phi) is 6.93. The van der Waals surface area contributed by atoms with Crippen LogP contribution < -0.4 is 0 Å². The van der Waals surface area contributed by atoms with Gasteiger partial charge in [-0.25, -0.2) is 5.01 Å². The Morgan fingerprint density at radius 1 is 0.946 bits per heavy atom. The van der Waals surface area contributed by atoms with Gasteiger partial charge < -0.3 is 0 Å². The standard InChI is InChI=1S/C24H17Br2Cl2N3O6/c25-20-13-8-14(21(20)26)19-18(13)23(34)30(24(19)35)29(22(33)11-3-6-15(27)16(28)7-11)9-17(32)10-1-4-12(5-2-10)31(36)37/h1-7,13-14,18-21H,8-9H2/t13-,14-,18-,19+,20+,21+/m1/s1. The second-order valence-electron chi connectivity index (χ2n) is 9.21. The van der Waals surface area contributed by atoms with Gasteiger partial charge in [0.05, 0.1) is 26.8 Å². The maximum atomic E-state index is 13.6. The van der Waals surface area contributed by atoms with Crippen molar-refractivity contribution in [2.75, 3.05) is 6.54 Å². The van der Waals surface area contributed by atoms with Crippen LogP contribution in [0, 0.1) is 33.8 Å². The molecule has 2 bridgehead atoms. The number of non-ortho nitro benzene ring substituents is 1. The van der Waals surface area contributed by atoms with Crippen molar-refractivity contribution in [1.29, 1.82) is 0 Å². The molecular weight excluding hydrogens is 657 g/mol. The first-order chi connectivity index (χ1) is 17.5. The van der Waals surface area contributed by atoms with Crippen molar-refractivity contribution < 1.29 is 24.1 Å². The van der Waals surface area contributed by atoms with Gasteiger partial charge in [0, 0.05) is 32.9 Å². The zero-order chi connectivity index (χ0) is 26.8. The zero-order valence-electron chi connectivity index (χ0n) is 18.7. The lowest BCUT2D eigenvalue weighted by Gasteiger charge is -2.31. The van der Waals surface area contributed by atoms with E-state index in [1.807, 2.05) is 0 Å². The number of nitrogens with zero attached hydrogens (tertiary/aromatic N) is 3. The van der Waals surface area contributed by atoms with E-state index in [0.29, 0.717) is 6.42 Å². The second kappa shape index (κ2) is 9.76. The molecule has 1 heterocycles. The van der Waals surface area contributed by atoms with E-state index in [1.165, 1.54) is 42.5 Å². The van der Waals surface area contributed by atoms with Gasteiger partial charge in [-0.3, -0.25) is 29.3 Å². The molecule has 5 rings (SSSR count). The lowest BCUT2D eigenvalue weighted by atomic mass is 9.81. The molecule has 2 saturated carbocycles. The minimum atomic E-state index is -0.784. The normalized spacial score (nSPS) is 27.9. The van der Waals surface area contributed by atoms with Crippen molar-refractivity contribution in [3.8, 4) is 0 Å². The molecular formula is C24H17Br2Cl2N3O6. The number of nitro benzene ring substituents is 1. The SMILES string of the molecule is O=C(CN(C(=O)c1ccc(Cl)c(Cl)c1)N1C(=O)[C@@H]2[C@H]3C[C@@H]([C@H](Br)[C@H]3Br)[C@@H]2C1=O)c1ccc([N+](=O)[O-])cc1. The number of amides is 3. The summed E-state index contributed by atoms with van der Waals surface area (Å²) >= 11 is 19.3. The van der Waals surface area contributed by atoms with Crippen LogP contribution in [0.5, 0.6) is 0 Å². The lowest BCUT2D eigenvalue weighted by molar-refractivity contribution is -0.384. The number of alkyl halides is 2. The minimum Gasteiger partial charge on any atom is -0.292 e. The Morgan fingerprint density at radius 3 is 2.00 bits per heavy atom. The van der Waals surface area contributed by atoms with Crippen molar-refractivity contribution in [3.05, 3.63) is 73.8 Å². The number of hydrogen-bond acceptors (Lipinski definition) is 6. The molecule has 3 aliphatic rings. The Hall–Kier alpha value is -2.34. The summed E-state index contributed by atoms with van der Waals surface area (Å²) in [6.45, 7) is -0.640.